The molecule has 0 bridgehead atoms. The Morgan fingerprint density at radius 1 is 1.34 bits per heavy atom. The Kier molecular flexibility index (Phi) is 5.24. The van der Waals surface area contributed by atoms with Crippen LogP contribution in [0.4, 0.5) is 14.5 Å². The molecule has 11 heteroatoms. The molecule has 32 heavy (non-hydrogen) atoms. The number of anilines is 1. The van der Waals surface area contributed by atoms with E-state index in [9.17, 15) is 18.2 Å². The Balaban J connectivity index is 1.79. The average molecular weight is 461 g/mol. The lowest BCUT2D eigenvalue weighted by molar-refractivity contribution is -0.121. The summed E-state index contributed by atoms with van der Waals surface area (Å²) in [7, 11) is -1.62. The Morgan fingerprint density at radius 3 is 2.78 bits per heavy atom. The van der Waals surface area contributed by atoms with E-state index in [1.54, 1.807) is 0 Å². The molecule has 168 valence electrons. The molecule has 1 amide bonds. The minimum Gasteiger partial charge on any atom is -0.369 e. The molecule has 4 rings (SSSR count). The second-order valence-electron chi connectivity index (χ2n) is 7.82. The number of hydrogen-bond donors (Lipinski definition) is 2. The van der Waals surface area contributed by atoms with Gasteiger partial charge in [0.1, 0.15) is 28.7 Å². The van der Waals surface area contributed by atoms with Crippen molar-refractivity contribution in [2.45, 2.75) is 30.1 Å². The number of rotatable bonds is 3. The summed E-state index contributed by atoms with van der Waals surface area (Å²) in [5.41, 5.74) is 4.90. The van der Waals surface area contributed by atoms with Crippen LogP contribution < -0.4 is 11.1 Å². The molecule has 2 aliphatic rings. The van der Waals surface area contributed by atoms with E-state index in [0.29, 0.717) is 0 Å². The zero-order valence-corrected chi connectivity index (χ0v) is 18.0. The van der Waals surface area contributed by atoms with E-state index in [1.165, 1.54) is 29.6 Å². The Morgan fingerprint density at radius 2 is 2.09 bits per heavy atom. The topological polar surface area (TPSA) is 118 Å². The van der Waals surface area contributed by atoms with Gasteiger partial charge in [-0.2, -0.15) is 0 Å². The van der Waals surface area contributed by atoms with Gasteiger partial charge in [0.15, 0.2) is 0 Å². The number of aromatic nitrogens is 1. The van der Waals surface area contributed by atoms with E-state index in [4.69, 9.17) is 5.73 Å². The molecule has 1 aromatic heterocycles. The van der Waals surface area contributed by atoms with Crippen LogP contribution >= 0.6 is 0 Å². The fourth-order valence-corrected chi connectivity index (χ4v) is 6.26. The number of amides is 1. The lowest BCUT2D eigenvalue weighted by Crippen LogP contribution is -2.59. The Hall–Kier alpha value is -3.34. The summed E-state index contributed by atoms with van der Waals surface area (Å²) >= 11 is 0. The van der Waals surface area contributed by atoms with Crippen LogP contribution in [-0.2, 0) is 20.0 Å². The van der Waals surface area contributed by atoms with Gasteiger partial charge in [0.05, 0.1) is 21.2 Å². The molecular weight excluding hydrogens is 440 g/mol. The third kappa shape index (κ3) is 3.52. The summed E-state index contributed by atoms with van der Waals surface area (Å²) in [5.74, 6) is 1.78. The zero-order valence-electron chi connectivity index (χ0n) is 17.2. The number of aliphatic imine (C=N–C) groups is 1. The SMILES string of the molecule is C=S1(=O)C2CC(=O)CCC2(c2cc(NC(=O)c3ccc(F)cn3)ccc2F)N=C(N)N1C. The van der Waals surface area contributed by atoms with Gasteiger partial charge >= 0.3 is 0 Å². The first-order valence-electron chi connectivity index (χ1n) is 9.74. The highest BCUT2D eigenvalue weighted by Crippen LogP contribution is 2.47. The van der Waals surface area contributed by atoms with Crippen LogP contribution in [0.1, 0.15) is 35.3 Å². The van der Waals surface area contributed by atoms with Crippen LogP contribution in [-0.4, -0.2) is 49.3 Å². The maximum atomic E-state index is 15.1. The van der Waals surface area contributed by atoms with Crippen molar-refractivity contribution >= 4 is 38.9 Å². The van der Waals surface area contributed by atoms with Gasteiger partial charge in [-0.3, -0.25) is 13.9 Å². The van der Waals surface area contributed by atoms with E-state index >= 15 is 4.39 Å². The average Bonchev–Trinajstić information content (AvgIpc) is 2.75. The highest BCUT2D eigenvalue weighted by atomic mass is 32.2. The molecule has 8 nitrogen and oxygen atoms in total. The Bertz CT molecular complexity index is 1250. The van der Waals surface area contributed by atoms with Gasteiger partial charge < -0.3 is 11.1 Å². The van der Waals surface area contributed by atoms with Crippen LogP contribution in [0, 0.1) is 11.6 Å². The number of fused-ring (bicyclic) bond motifs is 1. The second kappa shape index (κ2) is 7.66. The minimum absolute atomic E-state index is 0.0288. The third-order valence-electron chi connectivity index (χ3n) is 5.93. The summed E-state index contributed by atoms with van der Waals surface area (Å²) in [5, 5.41) is 1.70. The van der Waals surface area contributed by atoms with Crippen molar-refractivity contribution in [2.24, 2.45) is 10.7 Å². The van der Waals surface area contributed by atoms with Gasteiger partial charge in [-0.05, 0) is 42.6 Å². The number of carbonyl (C=O) groups excluding carboxylic acids is 2. The number of ketones is 1. The molecule has 0 radical (unpaired) electrons. The molecular formula is C21H21F2N5O3S. The molecule has 0 spiro atoms. The van der Waals surface area contributed by atoms with Gasteiger partial charge in [-0.15, -0.1) is 0 Å². The maximum Gasteiger partial charge on any atom is 0.274 e. The second-order valence-corrected chi connectivity index (χ2v) is 10.3. The first-order valence-corrected chi connectivity index (χ1v) is 11.5. The van der Waals surface area contributed by atoms with Gasteiger partial charge in [-0.1, -0.05) is 0 Å². The van der Waals surface area contributed by atoms with Crippen LogP contribution in [0.25, 0.3) is 0 Å². The molecule has 0 saturated heterocycles. The standard InChI is InChI=1S/C21H21F2N5O3S/c1-28-20(24)27-21(8-7-14(29)10-18(21)32(28,2)31)15-9-13(4-5-16(15)23)26-19(30)17-6-3-12(22)11-25-17/h3-6,9,11,18H,2,7-8,10H2,1H3,(H2,24,27)(H,26,30). The van der Waals surface area contributed by atoms with Crippen molar-refractivity contribution in [3.8, 4) is 0 Å². The number of nitrogens with zero attached hydrogens (tertiary/aromatic N) is 3. The number of Topliss-reactive ketones (excluding diaryl/α,β-unsaturated/α-hetero) is 1. The number of hydrogen-bond acceptors (Lipinski definition) is 6. The smallest absolute Gasteiger partial charge is 0.274 e. The minimum atomic E-state index is -3.09. The Labute approximate surface area is 183 Å². The molecule has 1 aliphatic heterocycles. The highest BCUT2D eigenvalue weighted by molar-refractivity contribution is 7.99. The molecule has 1 aliphatic carbocycles. The molecule has 3 N–H and O–H groups in total. The highest BCUT2D eigenvalue weighted by Gasteiger charge is 2.54. The summed E-state index contributed by atoms with van der Waals surface area (Å²) in [6, 6.07) is 6.21. The van der Waals surface area contributed by atoms with Crippen LogP contribution in [0.3, 0.4) is 0 Å². The first kappa shape index (κ1) is 21.9. The largest absolute Gasteiger partial charge is 0.369 e. The molecule has 3 unspecified atom stereocenters. The number of guanidine groups is 1. The van der Waals surface area contributed by atoms with E-state index in [2.05, 4.69) is 21.2 Å². The first-order chi connectivity index (χ1) is 15.0. The summed E-state index contributed by atoms with van der Waals surface area (Å²) in [4.78, 5) is 32.9. The van der Waals surface area contributed by atoms with Gasteiger partial charge in [0.25, 0.3) is 5.91 Å². The predicted molar refractivity (Wildman–Crippen MR) is 118 cm³/mol. The fraction of sp³-hybridized carbons (Fsp3) is 0.286. The predicted octanol–water partition coefficient (Wildman–Crippen LogP) is 1.82. The number of benzene rings is 1. The van der Waals surface area contributed by atoms with E-state index in [0.717, 1.165) is 18.3 Å². The van der Waals surface area contributed by atoms with Crippen molar-refractivity contribution in [1.29, 1.82) is 0 Å². The van der Waals surface area contributed by atoms with E-state index < -0.39 is 38.0 Å². The van der Waals surface area contributed by atoms with Crippen molar-refractivity contribution < 1.29 is 22.6 Å². The lowest BCUT2D eigenvalue weighted by Gasteiger charge is -2.48. The van der Waals surface area contributed by atoms with Crippen molar-refractivity contribution in [3.05, 3.63) is 59.4 Å². The quantitative estimate of drug-likeness (QED) is 0.676. The third-order valence-corrected chi connectivity index (χ3v) is 8.49. The summed E-state index contributed by atoms with van der Waals surface area (Å²) < 4.78 is 42.9. The maximum absolute atomic E-state index is 15.1. The number of carbonyl (C=O) groups is 2. The number of halogens is 2. The molecule has 1 aromatic carbocycles. The van der Waals surface area contributed by atoms with Crippen molar-refractivity contribution in [2.75, 3.05) is 12.4 Å². The van der Waals surface area contributed by atoms with E-state index in [-0.39, 0.29) is 48.0 Å². The van der Waals surface area contributed by atoms with Gasteiger partial charge in [0.2, 0.25) is 5.96 Å². The van der Waals surface area contributed by atoms with Crippen molar-refractivity contribution in [1.82, 2.24) is 9.29 Å². The normalized spacial score (nSPS) is 27.5. The summed E-state index contributed by atoms with van der Waals surface area (Å²) in [6.07, 6.45) is 1.04. The lowest BCUT2D eigenvalue weighted by atomic mass is 9.75. The molecule has 2 aromatic rings. The van der Waals surface area contributed by atoms with Gasteiger partial charge in [-0.25, -0.2) is 23.0 Å². The van der Waals surface area contributed by atoms with Crippen LogP contribution in [0.2, 0.25) is 0 Å². The molecule has 1 saturated carbocycles. The van der Waals surface area contributed by atoms with Gasteiger partial charge in [0, 0.05) is 31.1 Å². The number of nitrogens with one attached hydrogen (secondary N) is 1. The molecule has 2 heterocycles. The molecule has 1 fully saturated rings. The zero-order chi connectivity index (χ0) is 23.3. The monoisotopic (exact) mass is 461 g/mol. The van der Waals surface area contributed by atoms with Crippen molar-refractivity contribution in [3.63, 3.8) is 0 Å². The molecule has 3 atom stereocenters. The number of nitrogens with two attached hydrogens (primary N) is 1. The summed E-state index contributed by atoms with van der Waals surface area (Å²) in [6.45, 7) is 0. The fourth-order valence-electron chi connectivity index (χ4n) is 4.16. The van der Waals surface area contributed by atoms with E-state index in [1.807, 2.05) is 0 Å². The number of pyridine rings is 1. The van der Waals surface area contributed by atoms with Crippen LogP contribution in [0.5, 0.6) is 0 Å². The van der Waals surface area contributed by atoms with Crippen LogP contribution in [0.15, 0.2) is 41.5 Å².